The number of benzene rings is 1. The first kappa shape index (κ1) is 14.4. The Morgan fingerprint density at radius 3 is 2.50 bits per heavy atom. The molecule has 2 heterocycles. The molecule has 114 valence electrons. The van der Waals surface area contributed by atoms with Crippen LogP contribution in [-0.2, 0) is 0 Å². The molecule has 2 aromatic rings. The maximum atomic E-state index is 4.40. The molecule has 1 N–H and O–H groups in total. The van der Waals surface area contributed by atoms with E-state index in [9.17, 15) is 0 Å². The lowest BCUT2D eigenvalue weighted by molar-refractivity contribution is 0.647. The Morgan fingerprint density at radius 1 is 1.05 bits per heavy atom. The van der Waals surface area contributed by atoms with Crippen LogP contribution in [0.4, 0.5) is 17.3 Å². The number of hydrogen-bond acceptors (Lipinski definition) is 5. The third-order valence-corrected chi connectivity index (χ3v) is 3.81. The molecule has 0 radical (unpaired) electrons. The van der Waals surface area contributed by atoms with Gasteiger partial charge in [0.05, 0.1) is 0 Å². The van der Waals surface area contributed by atoms with Crippen LogP contribution in [0.25, 0.3) is 0 Å². The van der Waals surface area contributed by atoms with Crippen LogP contribution >= 0.6 is 0 Å². The number of piperazine rings is 1. The van der Waals surface area contributed by atoms with Crippen molar-refractivity contribution in [3.05, 3.63) is 55.4 Å². The second-order valence-corrected chi connectivity index (χ2v) is 5.24. The summed E-state index contributed by atoms with van der Waals surface area (Å²) < 4.78 is 0. The molecule has 0 atom stereocenters. The second kappa shape index (κ2) is 6.93. The average molecular weight is 295 g/mol. The fraction of sp³-hybridized carbons (Fsp3) is 0.294. The lowest BCUT2D eigenvalue weighted by Gasteiger charge is -2.36. The van der Waals surface area contributed by atoms with E-state index in [1.807, 2.05) is 12.1 Å². The quantitative estimate of drug-likeness (QED) is 0.858. The number of nitrogens with one attached hydrogen (secondary N) is 1. The van der Waals surface area contributed by atoms with Gasteiger partial charge in [-0.25, -0.2) is 9.97 Å². The number of hydrogen-bond donors (Lipinski definition) is 1. The zero-order valence-corrected chi connectivity index (χ0v) is 12.7. The van der Waals surface area contributed by atoms with Gasteiger partial charge in [0.1, 0.15) is 18.0 Å². The van der Waals surface area contributed by atoms with Crippen LogP contribution in [0.15, 0.2) is 55.4 Å². The normalized spacial score (nSPS) is 14.7. The molecule has 1 aliphatic rings. The number of anilines is 3. The van der Waals surface area contributed by atoms with Gasteiger partial charge in [-0.3, -0.25) is 0 Å². The smallest absolute Gasteiger partial charge is 0.134 e. The van der Waals surface area contributed by atoms with Crippen molar-refractivity contribution >= 4 is 17.3 Å². The van der Waals surface area contributed by atoms with E-state index in [2.05, 4.69) is 62.0 Å². The van der Waals surface area contributed by atoms with E-state index >= 15 is 0 Å². The molecule has 1 aromatic carbocycles. The molecule has 5 heteroatoms. The molecule has 1 fully saturated rings. The topological polar surface area (TPSA) is 44.3 Å². The van der Waals surface area contributed by atoms with Crippen molar-refractivity contribution in [3.63, 3.8) is 0 Å². The molecule has 5 nitrogen and oxygen atoms in total. The predicted molar refractivity (Wildman–Crippen MR) is 91.6 cm³/mol. The minimum atomic E-state index is 0.707. The summed E-state index contributed by atoms with van der Waals surface area (Å²) in [6.07, 6.45) is 3.44. The Labute approximate surface area is 131 Å². The number of para-hydroxylation sites is 1. The molecular weight excluding hydrogens is 274 g/mol. The monoisotopic (exact) mass is 295 g/mol. The van der Waals surface area contributed by atoms with E-state index in [-0.39, 0.29) is 0 Å². The van der Waals surface area contributed by atoms with Gasteiger partial charge < -0.3 is 15.1 Å². The lowest BCUT2D eigenvalue weighted by Crippen LogP contribution is -2.46. The summed E-state index contributed by atoms with van der Waals surface area (Å²) in [7, 11) is 0. The standard InChI is InChI=1S/C17H21N5/c1-2-8-18-16-13-17(20-14-19-16)22-11-9-21(10-12-22)15-6-4-3-5-7-15/h2-7,13-14H,1,8-12H2,(H,18,19,20). The van der Waals surface area contributed by atoms with Crippen LogP contribution in [0.2, 0.25) is 0 Å². The zero-order valence-electron chi connectivity index (χ0n) is 12.7. The third-order valence-electron chi connectivity index (χ3n) is 3.81. The van der Waals surface area contributed by atoms with Crippen molar-refractivity contribution < 1.29 is 0 Å². The Morgan fingerprint density at radius 2 is 1.77 bits per heavy atom. The van der Waals surface area contributed by atoms with Gasteiger partial charge in [0.2, 0.25) is 0 Å². The summed E-state index contributed by atoms with van der Waals surface area (Å²) in [4.78, 5) is 13.3. The fourth-order valence-corrected chi connectivity index (χ4v) is 2.63. The predicted octanol–water partition coefficient (Wildman–Crippen LogP) is 2.40. The first-order valence-electron chi connectivity index (χ1n) is 7.58. The van der Waals surface area contributed by atoms with Crippen LogP contribution in [0.3, 0.4) is 0 Å². The van der Waals surface area contributed by atoms with E-state index in [1.54, 1.807) is 6.33 Å². The highest BCUT2D eigenvalue weighted by molar-refractivity contribution is 5.52. The van der Waals surface area contributed by atoms with Gasteiger partial charge >= 0.3 is 0 Å². The third kappa shape index (κ3) is 3.36. The number of aromatic nitrogens is 2. The highest BCUT2D eigenvalue weighted by Gasteiger charge is 2.18. The van der Waals surface area contributed by atoms with Crippen molar-refractivity contribution in [2.24, 2.45) is 0 Å². The Bertz CT molecular complexity index is 605. The van der Waals surface area contributed by atoms with Crippen molar-refractivity contribution in [3.8, 4) is 0 Å². The number of nitrogens with zero attached hydrogens (tertiary/aromatic N) is 4. The van der Waals surface area contributed by atoms with Crippen molar-refractivity contribution in [2.45, 2.75) is 0 Å². The molecule has 1 aliphatic heterocycles. The summed E-state index contributed by atoms with van der Waals surface area (Å²) >= 11 is 0. The Hall–Kier alpha value is -2.56. The van der Waals surface area contributed by atoms with E-state index in [0.717, 1.165) is 37.8 Å². The minimum absolute atomic E-state index is 0.707. The highest BCUT2D eigenvalue weighted by Crippen LogP contribution is 2.19. The summed E-state index contributed by atoms with van der Waals surface area (Å²) in [6.45, 7) is 8.35. The van der Waals surface area contributed by atoms with Crippen LogP contribution in [0, 0.1) is 0 Å². The van der Waals surface area contributed by atoms with E-state index in [1.165, 1.54) is 5.69 Å². The number of rotatable bonds is 5. The van der Waals surface area contributed by atoms with Gasteiger partial charge in [-0.15, -0.1) is 6.58 Å². The summed E-state index contributed by atoms with van der Waals surface area (Å²) in [5.41, 5.74) is 1.29. The van der Waals surface area contributed by atoms with Gasteiger partial charge in [0.15, 0.2) is 0 Å². The lowest BCUT2D eigenvalue weighted by atomic mass is 10.2. The van der Waals surface area contributed by atoms with E-state index in [0.29, 0.717) is 6.54 Å². The first-order chi connectivity index (χ1) is 10.9. The maximum absolute atomic E-state index is 4.40. The van der Waals surface area contributed by atoms with Gasteiger partial charge in [-0.05, 0) is 12.1 Å². The van der Waals surface area contributed by atoms with Crippen LogP contribution in [-0.4, -0.2) is 42.7 Å². The Kier molecular flexibility index (Phi) is 4.53. The average Bonchev–Trinajstić information content (AvgIpc) is 2.61. The summed E-state index contributed by atoms with van der Waals surface area (Å²) in [5, 5.41) is 3.20. The molecule has 1 saturated heterocycles. The zero-order chi connectivity index (χ0) is 15.2. The van der Waals surface area contributed by atoms with Crippen LogP contribution in [0.1, 0.15) is 0 Å². The Balaban J connectivity index is 1.62. The molecular formula is C17H21N5. The van der Waals surface area contributed by atoms with E-state index < -0.39 is 0 Å². The SMILES string of the molecule is C=CCNc1cc(N2CCN(c3ccccc3)CC2)ncn1. The van der Waals surface area contributed by atoms with Crippen LogP contribution in [0.5, 0.6) is 0 Å². The van der Waals surface area contributed by atoms with E-state index in [4.69, 9.17) is 0 Å². The van der Waals surface area contributed by atoms with Crippen LogP contribution < -0.4 is 15.1 Å². The summed E-state index contributed by atoms with van der Waals surface area (Å²) in [6, 6.07) is 12.6. The van der Waals surface area contributed by atoms with Gasteiger partial charge in [0.25, 0.3) is 0 Å². The van der Waals surface area contributed by atoms with Gasteiger partial charge in [-0.1, -0.05) is 24.3 Å². The molecule has 0 bridgehead atoms. The molecule has 0 spiro atoms. The highest BCUT2D eigenvalue weighted by atomic mass is 15.3. The van der Waals surface area contributed by atoms with Gasteiger partial charge in [0, 0.05) is 44.5 Å². The molecule has 22 heavy (non-hydrogen) atoms. The first-order valence-corrected chi connectivity index (χ1v) is 7.58. The van der Waals surface area contributed by atoms with Crippen molar-refractivity contribution in [1.82, 2.24) is 9.97 Å². The fourth-order valence-electron chi connectivity index (χ4n) is 2.63. The molecule has 3 rings (SSSR count). The molecule has 0 aliphatic carbocycles. The summed E-state index contributed by atoms with van der Waals surface area (Å²) in [5.74, 6) is 1.82. The second-order valence-electron chi connectivity index (χ2n) is 5.24. The maximum Gasteiger partial charge on any atom is 0.134 e. The molecule has 0 saturated carbocycles. The molecule has 0 amide bonds. The van der Waals surface area contributed by atoms with Gasteiger partial charge in [-0.2, -0.15) is 0 Å². The largest absolute Gasteiger partial charge is 0.368 e. The molecule has 1 aromatic heterocycles. The van der Waals surface area contributed by atoms with Crippen molar-refractivity contribution in [2.75, 3.05) is 47.8 Å². The molecule has 0 unspecified atom stereocenters. The van der Waals surface area contributed by atoms with Crippen molar-refractivity contribution in [1.29, 1.82) is 0 Å². The minimum Gasteiger partial charge on any atom is -0.368 e.